The zero-order chi connectivity index (χ0) is 46.3. The van der Waals surface area contributed by atoms with Crippen molar-refractivity contribution in [1.29, 1.82) is 0 Å². The average Bonchev–Trinajstić information content (AvgIpc) is 3.25. The second kappa shape index (κ2) is 69.3. The van der Waals surface area contributed by atoms with Crippen LogP contribution in [-0.2, 0) is 4.79 Å². The number of aliphatic hydroxyl groups excluding tert-OH is 21. The fraction of sp³-hybridized carbons (Fsp3) is 0.971. The highest BCUT2D eigenvalue weighted by atomic mass is 16.4. The Morgan fingerprint density at radius 1 is 0.298 bits per heavy atom. The first-order chi connectivity index (χ1) is 26.9. The van der Waals surface area contributed by atoms with E-state index in [4.69, 9.17) is 112 Å². The molecule has 0 spiro atoms. The van der Waals surface area contributed by atoms with E-state index >= 15 is 0 Å². The molecule has 22 N–H and O–H groups in total. The number of rotatable bonds is 25. The van der Waals surface area contributed by atoms with Gasteiger partial charge in [0.2, 0.25) is 0 Å². The lowest BCUT2D eigenvalue weighted by molar-refractivity contribution is -0.137. The van der Waals surface area contributed by atoms with E-state index in [1.807, 2.05) is 0 Å². The van der Waals surface area contributed by atoms with E-state index in [1.165, 1.54) is 51.4 Å². The zero-order valence-corrected chi connectivity index (χ0v) is 33.5. The summed E-state index contributed by atoms with van der Waals surface area (Å²) >= 11 is 0. The molecule has 23 heteroatoms. The van der Waals surface area contributed by atoms with Crippen LogP contribution in [-0.4, -0.2) is 254 Å². The van der Waals surface area contributed by atoms with Gasteiger partial charge >= 0.3 is 5.97 Å². The summed E-state index contributed by atoms with van der Waals surface area (Å²) in [5, 5.41) is 177. The monoisotopic (exact) mass is 859 g/mol. The quantitative estimate of drug-likeness (QED) is 0.0379. The van der Waals surface area contributed by atoms with Crippen LogP contribution in [0.1, 0.15) is 77.6 Å². The Bertz CT molecular complexity index is 518. The summed E-state index contributed by atoms with van der Waals surface area (Å²) in [5.74, 6) is -0.658. The van der Waals surface area contributed by atoms with Crippen molar-refractivity contribution in [3.05, 3.63) is 0 Å². The largest absolute Gasteiger partial charge is 0.481 e. The van der Waals surface area contributed by atoms with Gasteiger partial charge in [0.15, 0.2) is 0 Å². The van der Waals surface area contributed by atoms with E-state index in [1.54, 1.807) is 0 Å². The van der Waals surface area contributed by atoms with E-state index in [0.717, 1.165) is 12.8 Å². The number of aliphatic carboxylic acids is 1. The van der Waals surface area contributed by atoms with Crippen molar-refractivity contribution >= 4 is 5.97 Å². The molecule has 0 aromatic heterocycles. The predicted octanol–water partition coefficient (Wildman–Crippen LogP) is -7.29. The first-order valence-electron chi connectivity index (χ1n) is 18.4. The topological polar surface area (TPSA) is 462 Å². The summed E-state index contributed by atoms with van der Waals surface area (Å²) in [4.78, 5) is 10.2. The Balaban J connectivity index is -0.0000000833. The highest BCUT2D eigenvalue weighted by Crippen LogP contribution is 2.11. The summed E-state index contributed by atoms with van der Waals surface area (Å²) in [6.45, 7) is -2.87. The Morgan fingerprint density at radius 3 is 0.544 bits per heavy atom. The van der Waals surface area contributed by atoms with Gasteiger partial charge in [-0.2, -0.15) is 0 Å². The molecule has 0 bridgehead atoms. The third-order valence-corrected chi connectivity index (χ3v) is 5.69. The van der Waals surface area contributed by atoms with Crippen molar-refractivity contribution in [2.75, 3.05) is 92.5 Å². The van der Waals surface area contributed by atoms with Gasteiger partial charge in [0.05, 0.1) is 92.5 Å². The molecule has 0 atom stereocenters. The van der Waals surface area contributed by atoms with Crippen molar-refractivity contribution in [2.45, 2.75) is 120 Å². The maximum absolute atomic E-state index is 10.2. The molecule has 356 valence electrons. The highest BCUT2D eigenvalue weighted by molar-refractivity contribution is 5.66. The number of unbranched alkanes of at least 4 members (excludes halogenated alkanes) is 9. The Morgan fingerprint density at radius 2 is 0.439 bits per heavy atom. The van der Waals surface area contributed by atoms with Gasteiger partial charge in [-0.05, 0) is 6.42 Å². The Kier molecular flexibility index (Phi) is 88.9. The fourth-order valence-corrected chi connectivity index (χ4v) is 2.17. The molecule has 0 unspecified atom stereocenters. The van der Waals surface area contributed by atoms with Gasteiger partial charge in [-0.15, -0.1) is 0 Å². The molecular formula is C34H82O23. The third-order valence-electron chi connectivity index (χ3n) is 5.69. The molecule has 0 aromatic carbocycles. The summed E-state index contributed by atoms with van der Waals surface area (Å²) in [6, 6.07) is 0. The van der Waals surface area contributed by atoms with Crippen LogP contribution in [0.5, 0.6) is 0 Å². The van der Waals surface area contributed by atoms with Crippen molar-refractivity contribution < 1.29 is 117 Å². The van der Waals surface area contributed by atoms with Gasteiger partial charge < -0.3 is 112 Å². The third kappa shape index (κ3) is 101. The van der Waals surface area contributed by atoms with Crippen LogP contribution in [0.2, 0.25) is 0 Å². The maximum atomic E-state index is 10.2. The van der Waals surface area contributed by atoms with E-state index in [2.05, 4.69) is 6.92 Å². The standard InChI is InChI=1S/C13H26O2.7C3H8O3/c1-2-3-4-5-6-7-8-9-10-11-12-13(14)15;7*4-1-3(6)2-5/h2-12H2,1H3,(H,14,15);7*3-6H,1-2H2. The minimum atomic E-state index is -0.954. The molecule has 0 saturated heterocycles. The number of hydrogen-bond acceptors (Lipinski definition) is 22. The van der Waals surface area contributed by atoms with Gasteiger partial charge in [-0.25, -0.2) is 0 Å². The van der Waals surface area contributed by atoms with Gasteiger partial charge in [-0.3, -0.25) is 4.79 Å². The van der Waals surface area contributed by atoms with Gasteiger partial charge in [0.1, 0.15) is 42.7 Å². The number of carboxylic acid groups (broad SMARTS) is 1. The number of carboxylic acids is 1. The Labute approximate surface area is 335 Å². The molecule has 0 heterocycles. The first kappa shape index (κ1) is 73.2. The molecular weight excluding hydrogens is 776 g/mol. The van der Waals surface area contributed by atoms with E-state index in [-0.39, 0.29) is 92.5 Å². The summed E-state index contributed by atoms with van der Waals surface area (Å²) in [5.41, 5.74) is 0. The lowest BCUT2D eigenvalue weighted by atomic mass is 10.1. The van der Waals surface area contributed by atoms with Crippen LogP contribution in [0.25, 0.3) is 0 Å². The lowest BCUT2D eigenvalue weighted by Gasteiger charge is -2.01. The fourth-order valence-electron chi connectivity index (χ4n) is 2.17. The maximum Gasteiger partial charge on any atom is 0.303 e. The zero-order valence-electron chi connectivity index (χ0n) is 33.5. The minimum Gasteiger partial charge on any atom is -0.481 e. The summed E-state index contributed by atoms with van der Waals surface area (Å²) < 4.78 is 0. The van der Waals surface area contributed by atoms with Crippen molar-refractivity contribution in [1.82, 2.24) is 0 Å². The number of carbonyl (C=O) groups is 1. The molecule has 0 rings (SSSR count). The van der Waals surface area contributed by atoms with E-state index in [9.17, 15) is 4.79 Å². The predicted molar refractivity (Wildman–Crippen MR) is 205 cm³/mol. The number of aliphatic hydroxyl groups is 21. The molecule has 0 aliphatic rings. The van der Waals surface area contributed by atoms with Crippen LogP contribution in [0, 0.1) is 0 Å². The Hall–Kier alpha value is -1.37. The SMILES string of the molecule is CCCCCCCCCCCCC(=O)O.OCC(O)CO.OCC(O)CO.OCC(O)CO.OCC(O)CO.OCC(O)CO.OCC(O)CO.OCC(O)CO. The average molecular weight is 859 g/mol. The van der Waals surface area contributed by atoms with Crippen molar-refractivity contribution in [3.8, 4) is 0 Å². The molecule has 57 heavy (non-hydrogen) atoms. The molecule has 23 nitrogen and oxygen atoms in total. The second-order valence-electron chi connectivity index (χ2n) is 11.5. The van der Waals surface area contributed by atoms with Crippen molar-refractivity contribution in [3.63, 3.8) is 0 Å². The van der Waals surface area contributed by atoms with Gasteiger partial charge in [0, 0.05) is 6.42 Å². The molecule has 0 aliphatic carbocycles. The molecule has 0 radical (unpaired) electrons. The normalized spacial score (nSPS) is 10.1. The lowest BCUT2D eigenvalue weighted by Crippen LogP contribution is -2.15. The summed E-state index contributed by atoms with van der Waals surface area (Å²) in [6.07, 6.45) is 6.24. The van der Waals surface area contributed by atoms with Gasteiger partial charge in [-0.1, -0.05) is 64.7 Å². The minimum absolute atomic E-state index is 0.344. The molecule has 0 aromatic rings. The van der Waals surface area contributed by atoms with Crippen LogP contribution < -0.4 is 0 Å². The molecule has 0 aliphatic heterocycles. The highest BCUT2D eigenvalue weighted by Gasteiger charge is 1.98. The van der Waals surface area contributed by atoms with E-state index < -0.39 is 48.7 Å². The summed E-state index contributed by atoms with van der Waals surface area (Å²) in [7, 11) is 0. The van der Waals surface area contributed by atoms with Crippen molar-refractivity contribution in [2.24, 2.45) is 0 Å². The van der Waals surface area contributed by atoms with E-state index in [0.29, 0.717) is 6.42 Å². The van der Waals surface area contributed by atoms with Crippen LogP contribution in [0.3, 0.4) is 0 Å². The second-order valence-corrected chi connectivity index (χ2v) is 11.5. The van der Waals surface area contributed by atoms with Crippen LogP contribution >= 0.6 is 0 Å². The smallest absolute Gasteiger partial charge is 0.303 e. The molecule has 0 saturated carbocycles. The first-order valence-corrected chi connectivity index (χ1v) is 18.4. The van der Waals surface area contributed by atoms with Crippen LogP contribution in [0.15, 0.2) is 0 Å². The number of hydrogen-bond donors (Lipinski definition) is 22. The molecule has 0 amide bonds. The van der Waals surface area contributed by atoms with Crippen LogP contribution in [0.4, 0.5) is 0 Å². The van der Waals surface area contributed by atoms with Gasteiger partial charge in [0.25, 0.3) is 0 Å². The molecule has 0 fully saturated rings.